The third-order valence-electron chi connectivity index (χ3n) is 28.1. The molecule has 32 heteroatoms. The topological polar surface area (TPSA) is 387 Å². The molecule has 1 aliphatic carbocycles. The molecule has 9 N–H and O–H groups in total. The summed E-state index contributed by atoms with van der Waals surface area (Å²) in [6.45, 7) is 8.99. The fourth-order valence-corrected chi connectivity index (χ4v) is 20.4. The van der Waals surface area contributed by atoms with Crippen molar-refractivity contribution in [1.82, 2.24) is 82.3 Å². The lowest BCUT2D eigenvalue weighted by atomic mass is 9.87. The van der Waals surface area contributed by atoms with E-state index in [4.69, 9.17) is 9.47 Å². The summed E-state index contributed by atoms with van der Waals surface area (Å²) in [4.78, 5) is 169. The molecule has 4 atom stereocenters. The van der Waals surface area contributed by atoms with Crippen molar-refractivity contribution in [3.8, 4) is 67.8 Å². The van der Waals surface area contributed by atoms with Crippen molar-refractivity contribution in [3.05, 3.63) is 374 Å². The van der Waals surface area contributed by atoms with Gasteiger partial charge in [0.15, 0.2) is 22.2 Å². The molecule has 4 saturated heterocycles. The van der Waals surface area contributed by atoms with Gasteiger partial charge in [-0.1, -0.05) is 200 Å². The highest BCUT2D eigenvalue weighted by Crippen LogP contribution is 2.42. The smallest absolute Gasteiger partial charge is 0.322 e. The molecule has 15 aromatic rings. The van der Waals surface area contributed by atoms with E-state index >= 15 is 0 Å². The number of benzene rings is 12. The van der Waals surface area contributed by atoms with E-state index in [-0.39, 0.29) is 80.6 Å². The number of H-pyrrole nitrogens is 1. The maximum absolute atomic E-state index is 13.7. The van der Waals surface area contributed by atoms with Gasteiger partial charge in [0.05, 0.1) is 50.0 Å². The van der Waals surface area contributed by atoms with Crippen molar-refractivity contribution in [3.63, 3.8) is 0 Å². The lowest BCUT2D eigenvalue weighted by Gasteiger charge is -2.31. The summed E-state index contributed by atoms with van der Waals surface area (Å²) in [5.41, 5.74) is 14.6. The van der Waals surface area contributed by atoms with Gasteiger partial charge in [0.25, 0.3) is 47.3 Å². The first-order valence-electron chi connectivity index (χ1n) is 47.3. The molecule has 146 heavy (non-hydrogen) atoms. The number of rotatable bonds is 19. The van der Waals surface area contributed by atoms with E-state index in [2.05, 4.69) is 111 Å². The van der Waals surface area contributed by atoms with Gasteiger partial charge in [0, 0.05) is 87.8 Å². The number of urea groups is 4. The number of carbonyl (C=O) groups is 12. The van der Waals surface area contributed by atoms with Crippen molar-refractivity contribution in [2.24, 2.45) is 5.92 Å². The van der Waals surface area contributed by atoms with Gasteiger partial charge in [-0.2, -0.15) is 5.10 Å². The van der Waals surface area contributed by atoms with E-state index in [0.717, 1.165) is 124 Å². The Balaban J connectivity index is 0.000000115. The molecule has 726 valence electrons. The Bertz CT molecular complexity index is 7860. The monoisotopic (exact) mass is 1950 g/mol. The van der Waals surface area contributed by atoms with Gasteiger partial charge < -0.3 is 50.3 Å². The number of aromatic nitrogens is 4. The van der Waals surface area contributed by atoms with Crippen LogP contribution in [0.2, 0.25) is 0 Å². The van der Waals surface area contributed by atoms with Gasteiger partial charge >= 0.3 is 24.1 Å². The Hall–Kier alpha value is -18.4. The number of aryl methyl sites for hydroxylation is 4. The summed E-state index contributed by atoms with van der Waals surface area (Å²) in [7, 11) is 1.54. The molecular formula is C114H92F2N16O14. The summed E-state index contributed by atoms with van der Waals surface area (Å²) < 4.78 is 38.4. The van der Waals surface area contributed by atoms with Crippen LogP contribution in [0.1, 0.15) is 122 Å². The second-order valence-corrected chi connectivity index (χ2v) is 37.6. The lowest BCUT2D eigenvalue weighted by Crippen LogP contribution is -2.52. The molecule has 0 unspecified atom stereocenters. The van der Waals surface area contributed by atoms with E-state index in [1.807, 2.05) is 185 Å². The molecule has 1 saturated carbocycles. The number of carbonyl (C=O) groups excluding carboxylic acids is 12. The molecule has 16 amide bonds. The predicted molar refractivity (Wildman–Crippen MR) is 537 cm³/mol. The van der Waals surface area contributed by atoms with E-state index in [1.54, 1.807) is 71.5 Å². The van der Waals surface area contributed by atoms with Gasteiger partial charge in [-0.05, 0) is 220 Å². The fourth-order valence-electron chi connectivity index (χ4n) is 20.4. The quantitative estimate of drug-likeness (QED) is 0.0268. The zero-order chi connectivity index (χ0) is 101. The highest BCUT2D eigenvalue weighted by molar-refractivity contribution is 6.12. The van der Waals surface area contributed by atoms with E-state index < -0.39 is 81.5 Å². The number of hydrogen-bond acceptors (Lipinski definition) is 17. The molecule has 5 fully saturated rings. The number of aromatic amines is 1. The number of imide groups is 4. The Morgan fingerprint density at radius 1 is 0.363 bits per heavy atom. The first-order chi connectivity index (χ1) is 70.5. The highest BCUT2D eigenvalue weighted by atomic mass is 19.1. The standard InChI is InChI=1S/C34H27N3O4.2C28H21FN4O3.C24H23N5O4/c38-31-30-19-27(41-18-4-5-22-10-11-22)17-14-25(30)20-37(31)21-34(32(39)35-33(40)36-34)26-15-12-24(13-16-26)29-9-3-7-23-6-1-2-8-28(23)29;2*1-16-2-3-19-12-18(7-11-24(19)30-16)17-4-8-21(9-5-17)28(26(35)31-27(36)32-28)15-33-14-20-6-10-22(29)13-23(20)25(33)34;1-13-20(14(2)28-27-13)15-4-7-17(8-5-15)24(22(31)25-23(32)26-24)12-29-11-16-6-9-18(33-3)10-19(16)21(29)30/h1-3,6-9,12-17,19,22H,10-11,18,20-21H2,(H2,35,36,39,40);2*2-13H,14-15H2,1H3,(H2,31,32,35,36);4-10H,11-12H2,1-3H3,(H,27,28)(H2,25,26,31,32)/t34-;2*28-;24-/m0100/s1. The van der Waals surface area contributed by atoms with Crippen LogP contribution in [0.3, 0.4) is 0 Å². The minimum atomic E-state index is -1.46. The summed E-state index contributed by atoms with van der Waals surface area (Å²) in [5, 5.41) is 31.9. The Labute approximate surface area is 834 Å². The molecule has 12 aromatic carbocycles. The molecular weight excluding hydrogens is 1860 g/mol. The van der Waals surface area contributed by atoms with E-state index in [9.17, 15) is 66.3 Å². The summed E-state index contributed by atoms with van der Waals surface area (Å²) in [5.74, 6) is 3.63. The molecule has 24 rings (SSSR count). The van der Waals surface area contributed by atoms with Gasteiger partial charge in [0.2, 0.25) is 0 Å². The van der Waals surface area contributed by atoms with Crippen LogP contribution in [0.15, 0.2) is 273 Å². The molecule has 11 heterocycles. The summed E-state index contributed by atoms with van der Waals surface area (Å²) >= 11 is 0. The van der Waals surface area contributed by atoms with Crippen molar-refractivity contribution >= 4 is 104 Å². The van der Waals surface area contributed by atoms with E-state index in [0.29, 0.717) is 75.0 Å². The van der Waals surface area contributed by atoms with Gasteiger partial charge in [0.1, 0.15) is 29.7 Å². The zero-order valence-electron chi connectivity index (χ0n) is 79.4. The van der Waals surface area contributed by atoms with Crippen LogP contribution >= 0.6 is 0 Å². The number of hydrogen-bond donors (Lipinski definition) is 9. The number of amides is 16. The lowest BCUT2D eigenvalue weighted by molar-refractivity contribution is -0.125. The number of nitrogens with one attached hydrogen (secondary N) is 9. The largest absolute Gasteiger partial charge is 0.497 e. The average Bonchev–Trinajstić information content (AvgIpc) is 1.60. The molecule has 0 radical (unpaired) electrons. The molecule has 30 nitrogen and oxygen atoms in total. The molecule has 0 bridgehead atoms. The predicted octanol–water partition coefficient (Wildman–Crippen LogP) is 15.5. The van der Waals surface area contributed by atoms with Gasteiger partial charge in [-0.3, -0.25) is 74.7 Å². The first-order valence-corrected chi connectivity index (χ1v) is 47.3. The first kappa shape index (κ1) is 93.9. The van der Waals surface area contributed by atoms with Crippen LogP contribution in [0.4, 0.5) is 28.0 Å². The second-order valence-electron chi connectivity index (χ2n) is 37.6. The Morgan fingerprint density at radius 3 is 1.12 bits per heavy atom. The Morgan fingerprint density at radius 2 is 0.733 bits per heavy atom. The van der Waals surface area contributed by atoms with Crippen molar-refractivity contribution in [1.29, 1.82) is 0 Å². The number of nitrogens with zero attached hydrogens (tertiary/aromatic N) is 7. The number of pyridine rings is 2. The minimum Gasteiger partial charge on any atom is -0.497 e. The second kappa shape index (κ2) is 37.6. The SMILES string of the molecule is COc1ccc2c(c1)C(=O)N(C[C@@]1(c3ccc(-c4c(C)n[nH]c4C)cc3)NC(=O)NC1=O)C2.Cc1ccc2cc(-c3ccc([C@@]4(CN5Cc6ccc(F)cc6C5=O)NC(=O)NC4=O)cc3)ccc2n1.Cc1ccc2cc(-c3ccc([C@]4(CN5Cc6ccc(F)cc6C5=O)NC(=O)NC4=O)cc3)ccc2n1.O=C1NC(=O)[C@](CN2Cc3ccc(OCC#CC4CC4)cc3C2=O)(c2ccc(-c3cccc4ccccc34)cc2)N1. The van der Waals surface area contributed by atoms with Gasteiger partial charge in [-0.25, -0.2) is 28.0 Å². The third-order valence-corrected chi connectivity index (χ3v) is 28.1. The van der Waals surface area contributed by atoms with Gasteiger partial charge in [-0.15, -0.1) is 0 Å². The number of methoxy groups -OCH3 is 1. The molecule has 0 spiro atoms. The number of fused-ring (bicyclic) bond motifs is 7. The van der Waals surface area contributed by atoms with Crippen LogP contribution in [0, 0.1) is 57.1 Å². The maximum Gasteiger partial charge on any atom is 0.322 e. The van der Waals surface area contributed by atoms with Crippen molar-refractivity contribution in [2.45, 2.75) is 88.9 Å². The molecule has 3 aromatic heterocycles. The van der Waals surface area contributed by atoms with Crippen LogP contribution < -0.4 is 52.0 Å². The van der Waals surface area contributed by atoms with Crippen LogP contribution in [-0.2, 0) is 67.5 Å². The third kappa shape index (κ3) is 17.7. The number of halogens is 2. The van der Waals surface area contributed by atoms with Crippen LogP contribution in [0.5, 0.6) is 11.5 Å². The van der Waals surface area contributed by atoms with Crippen LogP contribution in [0.25, 0.3) is 77.1 Å². The van der Waals surface area contributed by atoms with E-state index in [1.165, 1.54) is 34.1 Å². The highest BCUT2D eigenvalue weighted by Gasteiger charge is 2.55. The average molecular weight is 1950 g/mol. The maximum atomic E-state index is 13.7. The van der Waals surface area contributed by atoms with Crippen LogP contribution in [-0.4, -0.2) is 151 Å². The minimum absolute atomic E-state index is 0.00349. The fraction of sp³-hybridized carbons (Fsp3) is 0.184. The molecule has 8 aliphatic heterocycles. The Kier molecular flexibility index (Phi) is 24.1. The van der Waals surface area contributed by atoms with Crippen molar-refractivity contribution < 1.29 is 75.8 Å². The number of ether oxygens (including phenoxy) is 2. The zero-order valence-corrected chi connectivity index (χ0v) is 79.4. The summed E-state index contributed by atoms with van der Waals surface area (Å²) in [6, 6.07) is 80.5. The normalized spacial score (nSPS) is 19.2. The summed E-state index contributed by atoms with van der Waals surface area (Å²) in [6.07, 6.45) is 2.31. The molecule has 9 aliphatic rings. The van der Waals surface area contributed by atoms with Crippen molar-refractivity contribution in [2.75, 3.05) is 39.9 Å².